The molecule has 1 aliphatic heterocycles. The van der Waals surface area contributed by atoms with Gasteiger partial charge in [-0.3, -0.25) is 5.32 Å². The molecule has 0 radical (unpaired) electrons. The van der Waals surface area contributed by atoms with E-state index >= 15 is 0 Å². The van der Waals surface area contributed by atoms with Crippen molar-refractivity contribution in [3.8, 4) is 17.6 Å². The number of hydrogen-bond donors (Lipinski definition) is 1. The normalized spacial score (nSPS) is 12.9. The molecule has 1 aromatic heterocycles. The number of rotatable bonds is 3. The minimum atomic E-state index is -0.596. The topological polar surface area (TPSA) is 73.6 Å². The van der Waals surface area contributed by atoms with E-state index in [2.05, 4.69) is 22.3 Å². The molecule has 146 valence electrons. The summed E-state index contributed by atoms with van der Waals surface area (Å²) < 4.78 is 16.3. The summed E-state index contributed by atoms with van der Waals surface area (Å²) in [5, 5.41) is 6.60. The molecule has 0 fully saturated rings. The molecule has 3 aromatic rings. The Morgan fingerprint density at radius 3 is 2.86 bits per heavy atom. The average molecular weight is 388 g/mol. The lowest BCUT2D eigenvalue weighted by molar-refractivity contribution is 0.121. The van der Waals surface area contributed by atoms with Crippen LogP contribution in [0.4, 0.5) is 10.5 Å². The molecule has 1 unspecified atom stereocenters. The molecule has 0 saturated carbocycles. The second kappa shape index (κ2) is 8.11. The zero-order valence-electron chi connectivity index (χ0n) is 16.2. The van der Waals surface area contributed by atoms with Crippen LogP contribution in [0.3, 0.4) is 0 Å². The van der Waals surface area contributed by atoms with Gasteiger partial charge in [0.25, 0.3) is 0 Å². The molecule has 4 rings (SSSR count). The Hall–Kier alpha value is -3.72. The van der Waals surface area contributed by atoms with Crippen molar-refractivity contribution >= 4 is 11.8 Å². The molecule has 1 N–H and O–H groups in total. The maximum absolute atomic E-state index is 12.3. The van der Waals surface area contributed by atoms with Gasteiger partial charge in [0, 0.05) is 12.0 Å². The van der Waals surface area contributed by atoms with Crippen molar-refractivity contribution < 1.29 is 18.8 Å². The number of carbonyl (C=O) groups excluding carboxylic acids is 1. The third kappa shape index (κ3) is 4.25. The quantitative estimate of drug-likeness (QED) is 0.663. The number of fused-ring (bicyclic) bond motifs is 1. The van der Waals surface area contributed by atoms with Crippen molar-refractivity contribution in [1.29, 1.82) is 0 Å². The molecule has 1 aliphatic rings. The monoisotopic (exact) mass is 388 g/mol. The summed E-state index contributed by atoms with van der Waals surface area (Å²) in [5.74, 6) is 7.09. The van der Waals surface area contributed by atoms with Crippen molar-refractivity contribution in [3.05, 3.63) is 76.7 Å². The second-order valence-electron chi connectivity index (χ2n) is 6.73. The lowest BCUT2D eigenvalue weighted by Crippen LogP contribution is -2.16. The van der Waals surface area contributed by atoms with Gasteiger partial charge in [0.15, 0.2) is 0 Å². The standard InChI is InChI=1S/C23H20N2O4/c1-15-22(24-23(26)28-16(2)18-6-4-3-5-7-18)20(29-25-15)11-9-17-8-10-19-12-13-27-21(19)14-17/h3-8,10,14,16H,12-13H2,1-2H3,(H,24,26). The van der Waals surface area contributed by atoms with E-state index in [0.717, 1.165) is 23.3 Å². The maximum Gasteiger partial charge on any atom is 0.412 e. The lowest BCUT2D eigenvalue weighted by atomic mass is 10.1. The summed E-state index contributed by atoms with van der Waals surface area (Å²) in [6.45, 7) is 4.24. The van der Waals surface area contributed by atoms with Gasteiger partial charge in [0.1, 0.15) is 23.2 Å². The van der Waals surface area contributed by atoms with E-state index in [1.807, 2.05) is 55.5 Å². The number of amides is 1. The first-order valence-electron chi connectivity index (χ1n) is 9.37. The van der Waals surface area contributed by atoms with Crippen LogP contribution >= 0.6 is 0 Å². The molecule has 2 heterocycles. The number of nitrogens with zero attached hydrogens (tertiary/aromatic N) is 1. The van der Waals surface area contributed by atoms with Crippen molar-refractivity contribution in [3.63, 3.8) is 0 Å². The van der Waals surface area contributed by atoms with Gasteiger partial charge in [0.05, 0.1) is 6.61 Å². The molecule has 6 nitrogen and oxygen atoms in total. The van der Waals surface area contributed by atoms with E-state index in [1.54, 1.807) is 6.92 Å². The van der Waals surface area contributed by atoms with Gasteiger partial charge < -0.3 is 14.0 Å². The highest BCUT2D eigenvalue weighted by Crippen LogP contribution is 2.26. The minimum absolute atomic E-state index is 0.272. The van der Waals surface area contributed by atoms with E-state index < -0.39 is 12.2 Å². The second-order valence-corrected chi connectivity index (χ2v) is 6.73. The highest BCUT2D eigenvalue weighted by molar-refractivity contribution is 5.87. The van der Waals surface area contributed by atoms with Crippen LogP contribution in [0.1, 0.15) is 41.2 Å². The molecular weight excluding hydrogens is 368 g/mol. The van der Waals surface area contributed by atoms with Crippen molar-refractivity contribution in [2.45, 2.75) is 26.4 Å². The number of aryl methyl sites for hydroxylation is 1. The Balaban J connectivity index is 1.47. The molecule has 0 aliphatic carbocycles. The van der Waals surface area contributed by atoms with Crippen LogP contribution in [-0.2, 0) is 11.2 Å². The number of aromatic nitrogens is 1. The fourth-order valence-electron chi connectivity index (χ4n) is 3.06. The highest BCUT2D eigenvalue weighted by Gasteiger charge is 2.18. The van der Waals surface area contributed by atoms with Gasteiger partial charge in [0.2, 0.25) is 5.76 Å². The van der Waals surface area contributed by atoms with E-state index in [4.69, 9.17) is 14.0 Å². The summed E-state index contributed by atoms with van der Waals surface area (Å²) in [7, 11) is 0. The third-order valence-electron chi connectivity index (χ3n) is 4.66. The largest absolute Gasteiger partial charge is 0.493 e. The minimum Gasteiger partial charge on any atom is -0.493 e. The maximum atomic E-state index is 12.3. The molecule has 6 heteroatoms. The predicted octanol–water partition coefficient (Wildman–Crippen LogP) is 4.63. The molecule has 1 atom stereocenters. The van der Waals surface area contributed by atoms with Crippen molar-refractivity contribution in [1.82, 2.24) is 5.16 Å². The van der Waals surface area contributed by atoms with Crippen LogP contribution < -0.4 is 10.1 Å². The Bertz CT molecular complexity index is 1090. The first kappa shape index (κ1) is 18.6. The number of ether oxygens (including phenoxy) is 2. The molecular formula is C23H20N2O4. The summed E-state index contributed by atoms with van der Waals surface area (Å²) in [4.78, 5) is 12.3. The molecule has 29 heavy (non-hydrogen) atoms. The van der Waals surface area contributed by atoms with Gasteiger partial charge in [-0.15, -0.1) is 0 Å². The SMILES string of the molecule is Cc1noc(C#Cc2ccc3c(c2)OCC3)c1NC(=O)OC(C)c1ccccc1. The predicted molar refractivity (Wildman–Crippen MR) is 108 cm³/mol. The number of nitrogens with one attached hydrogen (secondary N) is 1. The molecule has 0 spiro atoms. The molecule has 1 amide bonds. The van der Waals surface area contributed by atoms with Crippen molar-refractivity contribution in [2.24, 2.45) is 0 Å². The lowest BCUT2D eigenvalue weighted by Gasteiger charge is -2.13. The number of carbonyl (C=O) groups is 1. The van der Waals surface area contributed by atoms with Gasteiger partial charge >= 0.3 is 6.09 Å². The fraction of sp³-hybridized carbons (Fsp3) is 0.217. The van der Waals surface area contributed by atoms with E-state index in [9.17, 15) is 4.79 Å². The highest BCUT2D eigenvalue weighted by atomic mass is 16.6. The molecule has 0 saturated heterocycles. The number of benzene rings is 2. The van der Waals surface area contributed by atoms with Crippen LogP contribution in [0.5, 0.6) is 5.75 Å². The molecule has 0 bridgehead atoms. The van der Waals surface area contributed by atoms with Gasteiger partial charge in [-0.05, 0) is 43.0 Å². The van der Waals surface area contributed by atoms with Crippen LogP contribution in [0.25, 0.3) is 0 Å². The van der Waals surface area contributed by atoms with Gasteiger partial charge in [-0.1, -0.05) is 47.5 Å². The van der Waals surface area contributed by atoms with Gasteiger partial charge in [-0.25, -0.2) is 4.79 Å². The summed E-state index contributed by atoms with van der Waals surface area (Å²) >= 11 is 0. The Morgan fingerprint density at radius 1 is 1.21 bits per heavy atom. The Labute approximate surface area is 168 Å². The summed E-state index contributed by atoms with van der Waals surface area (Å²) in [6.07, 6.45) is -0.0685. The molecule has 2 aromatic carbocycles. The Morgan fingerprint density at radius 2 is 2.03 bits per heavy atom. The van der Waals surface area contributed by atoms with E-state index in [1.165, 1.54) is 5.56 Å². The van der Waals surface area contributed by atoms with E-state index in [0.29, 0.717) is 18.0 Å². The fourth-order valence-corrected chi connectivity index (χ4v) is 3.06. The van der Waals surface area contributed by atoms with Crippen molar-refractivity contribution in [2.75, 3.05) is 11.9 Å². The summed E-state index contributed by atoms with van der Waals surface area (Å²) in [5.41, 5.74) is 3.81. The number of hydrogen-bond acceptors (Lipinski definition) is 5. The summed E-state index contributed by atoms with van der Waals surface area (Å²) in [6, 6.07) is 15.4. The first-order chi connectivity index (χ1) is 14.1. The van der Waals surface area contributed by atoms with Crippen LogP contribution in [-0.4, -0.2) is 17.9 Å². The van der Waals surface area contributed by atoms with Crippen LogP contribution in [0.2, 0.25) is 0 Å². The Kier molecular flexibility index (Phi) is 5.21. The number of anilines is 1. The van der Waals surface area contributed by atoms with E-state index in [-0.39, 0.29) is 5.76 Å². The third-order valence-corrected chi connectivity index (χ3v) is 4.66. The zero-order chi connectivity index (χ0) is 20.2. The van der Waals surface area contributed by atoms with Crippen LogP contribution in [0.15, 0.2) is 53.1 Å². The van der Waals surface area contributed by atoms with Crippen LogP contribution in [0, 0.1) is 18.8 Å². The zero-order valence-corrected chi connectivity index (χ0v) is 16.2. The average Bonchev–Trinajstić information content (AvgIpc) is 3.33. The van der Waals surface area contributed by atoms with Gasteiger partial charge in [-0.2, -0.15) is 0 Å². The smallest absolute Gasteiger partial charge is 0.412 e. The first-order valence-corrected chi connectivity index (χ1v) is 9.37.